The molecule has 1 rings (SSSR count). The van der Waals surface area contributed by atoms with Gasteiger partial charge >= 0.3 is 0 Å². The summed E-state index contributed by atoms with van der Waals surface area (Å²) in [4.78, 5) is 21.7. The third-order valence-corrected chi connectivity index (χ3v) is 1.02. The highest BCUT2D eigenvalue weighted by Gasteiger charge is 1.98. The number of hydrogen-bond donors (Lipinski definition) is 2. The molecule has 1 aromatic heterocycles. The van der Waals surface area contributed by atoms with Gasteiger partial charge in [-0.1, -0.05) is 5.16 Å². The summed E-state index contributed by atoms with van der Waals surface area (Å²) in [5.74, 6) is -0.0191. The molecule has 0 aliphatic rings. The second kappa shape index (κ2) is 4.12. The van der Waals surface area contributed by atoms with E-state index in [1.807, 2.05) is 0 Å². The van der Waals surface area contributed by atoms with E-state index in [1.54, 1.807) is 6.20 Å². The number of H-pyrrole nitrogens is 1. The molecule has 0 fully saturated rings. The molecule has 0 aliphatic heterocycles. The number of carbonyl (C=O) groups is 1. The van der Waals surface area contributed by atoms with E-state index in [4.69, 9.17) is 0 Å². The minimum atomic E-state index is -0.396. The summed E-state index contributed by atoms with van der Waals surface area (Å²) < 4.78 is 0. The second-order valence-corrected chi connectivity index (χ2v) is 1.84. The fraction of sp³-hybridized carbons (Fsp3) is 0.167. The van der Waals surface area contributed by atoms with Gasteiger partial charge in [0.25, 0.3) is 5.91 Å². The van der Waals surface area contributed by atoms with Crippen LogP contribution in [-0.4, -0.2) is 29.2 Å². The van der Waals surface area contributed by atoms with Crippen molar-refractivity contribution in [2.24, 2.45) is 5.16 Å². The molecule has 0 aromatic carbocycles. The average molecular weight is 168 g/mol. The normalized spacial score (nSPS) is 10.1. The molecule has 0 atom stereocenters. The van der Waals surface area contributed by atoms with Crippen molar-refractivity contribution >= 4 is 18.1 Å². The van der Waals surface area contributed by atoms with Gasteiger partial charge in [-0.25, -0.2) is 4.98 Å². The SMILES string of the molecule is CO/N=C/C(=O)Nc1ncc[nH]1. The number of rotatable bonds is 3. The van der Waals surface area contributed by atoms with Crippen LogP contribution in [0.1, 0.15) is 0 Å². The molecule has 1 amide bonds. The number of anilines is 1. The summed E-state index contributed by atoms with van der Waals surface area (Å²) in [5.41, 5.74) is 0. The summed E-state index contributed by atoms with van der Waals surface area (Å²) in [6, 6.07) is 0. The Morgan fingerprint density at radius 1 is 1.92 bits per heavy atom. The Labute approximate surface area is 68.6 Å². The summed E-state index contributed by atoms with van der Waals surface area (Å²) in [6.45, 7) is 0. The van der Waals surface area contributed by atoms with Crippen molar-refractivity contribution in [2.45, 2.75) is 0 Å². The van der Waals surface area contributed by atoms with Gasteiger partial charge in [0.05, 0.1) is 0 Å². The zero-order valence-electron chi connectivity index (χ0n) is 6.44. The predicted octanol–water partition coefficient (Wildman–Crippen LogP) is -0.0196. The fourth-order valence-corrected chi connectivity index (χ4v) is 0.583. The molecule has 0 radical (unpaired) electrons. The Balaban J connectivity index is 2.42. The number of nitrogens with one attached hydrogen (secondary N) is 2. The highest BCUT2D eigenvalue weighted by molar-refractivity contribution is 6.31. The van der Waals surface area contributed by atoms with Crippen LogP contribution >= 0.6 is 0 Å². The molecular weight excluding hydrogens is 160 g/mol. The van der Waals surface area contributed by atoms with Crippen molar-refractivity contribution < 1.29 is 9.63 Å². The van der Waals surface area contributed by atoms with Gasteiger partial charge < -0.3 is 9.82 Å². The fourth-order valence-electron chi connectivity index (χ4n) is 0.583. The Kier molecular flexibility index (Phi) is 2.83. The molecule has 0 aliphatic carbocycles. The summed E-state index contributed by atoms with van der Waals surface area (Å²) in [6.07, 6.45) is 4.15. The van der Waals surface area contributed by atoms with Crippen LogP contribution in [0.4, 0.5) is 5.95 Å². The second-order valence-electron chi connectivity index (χ2n) is 1.84. The number of imidazole rings is 1. The summed E-state index contributed by atoms with van der Waals surface area (Å²) >= 11 is 0. The lowest BCUT2D eigenvalue weighted by Crippen LogP contribution is -2.13. The first kappa shape index (κ1) is 8.25. The lowest BCUT2D eigenvalue weighted by atomic mass is 10.6. The molecular formula is C6H8N4O2. The molecule has 1 aromatic rings. The van der Waals surface area contributed by atoms with Crippen LogP contribution in [0.15, 0.2) is 17.5 Å². The van der Waals surface area contributed by atoms with Gasteiger partial charge in [0.2, 0.25) is 5.95 Å². The standard InChI is InChI=1S/C6H8N4O2/c1-12-9-4-5(11)10-6-7-2-3-8-6/h2-4H,1H3,(H2,7,8,10,11)/b9-4+. The van der Waals surface area contributed by atoms with Crippen molar-refractivity contribution in [3.8, 4) is 0 Å². The minimum Gasteiger partial charge on any atom is -0.399 e. The quantitative estimate of drug-likeness (QED) is 0.491. The van der Waals surface area contributed by atoms with E-state index < -0.39 is 5.91 Å². The Hall–Kier alpha value is -1.85. The van der Waals surface area contributed by atoms with Crippen molar-refractivity contribution in [1.82, 2.24) is 9.97 Å². The lowest BCUT2D eigenvalue weighted by Gasteiger charge is -1.93. The molecule has 64 valence electrons. The van der Waals surface area contributed by atoms with Gasteiger partial charge in [0.15, 0.2) is 0 Å². The molecule has 0 spiro atoms. The van der Waals surface area contributed by atoms with Gasteiger partial charge in [-0.3, -0.25) is 10.1 Å². The van der Waals surface area contributed by atoms with E-state index in [-0.39, 0.29) is 0 Å². The van der Waals surface area contributed by atoms with E-state index in [2.05, 4.69) is 25.3 Å². The van der Waals surface area contributed by atoms with Crippen molar-refractivity contribution in [2.75, 3.05) is 12.4 Å². The van der Waals surface area contributed by atoms with Gasteiger partial charge in [0.1, 0.15) is 13.3 Å². The number of hydrogen-bond acceptors (Lipinski definition) is 4. The molecule has 6 heteroatoms. The average Bonchev–Trinajstić information content (AvgIpc) is 2.53. The summed E-state index contributed by atoms with van der Waals surface area (Å²) in [7, 11) is 1.36. The Morgan fingerprint density at radius 3 is 3.33 bits per heavy atom. The maximum absolute atomic E-state index is 10.9. The van der Waals surface area contributed by atoms with Gasteiger partial charge in [0, 0.05) is 12.4 Å². The molecule has 0 saturated carbocycles. The van der Waals surface area contributed by atoms with E-state index in [1.165, 1.54) is 13.3 Å². The molecule has 12 heavy (non-hydrogen) atoms. The third-order valence-electron chi connectivity index (χ3n) is 1.02. The van der Waals surface area contributed by atoms with E-state index in [9.17, 15) is 4.79 Å². The van der Waals surface area contributed by atoms with Crippen LogP contribution < -0.4 is 5.32 Å². The maximum Gasteiger partial charge on any atom is 0.272 e. The smallest absolute Gasteiger partial charge is 0.272 e. The van der Waals surface area contributed by atoms with E-state index in [0.29, 0.717) is 5.95 Å². The molecule has 0 bridgehead atoms. The van der Waals surface area contributed by atoms with E-state index >= 15 is 0 Å². The number of amides is 1. The highest BCUT2D eigenvalue weighted by Crippen LogP contribution is 1.92. The first-order chi connectivity index (χ1) is 5.83. The molecule has 0 saturated heterocycles. The number of oxime groups is 1. The van der Waals surface area contributed by atoms with Crippen LogP contribution in [0, 0.1) is 0 Å². The zero-order valence-corrected chi connectivity index (χ0v) is 6.44. The summed E-state index contributed by atoms with van der Waals surface area (Å²) in [5, 5.41) is 5.70. The zero-order chi connectivity index (χ0) is 8.81. The Morgan fingerprint density at radius 2 is 2.75 bits per heavy atom. The number of aromatic nitrogens is 2. The molecule has 2 N–H and O–H groups in total. The third kappa shape index (κ3) is 2.41. The van der Waals surface area contributed by atoms with Gasteiger partial charge in [-0.2, -0.15) is 0 Å². The van der Waals surface area contributed by atoms with Crippen LogP contribution in [-0.2, 0) is 9.63 Å². The first-order valence-electron chi connectivity index (χ1n) is 3.20. The lowest BCUT2D eigenvalue weighted by molar-refractivity contribution is -0.110. The van der Waals surface area contributed by atoms with Crippen LogP contribution in [0.2, 0.25) is 0 Å². The number of nitrogens with zero attached hydrogens (tertiary/aromatic N) is 2. The number of aromatic amines is 1. The molecule has 6 nitrogen and oxygen atoms in total. The minimum absolute atomic E-state index is 0.377. The van der Waals surface area contributed by atoms with Crippen molar-refractivity contribution in [1.29, 1.82) is 0 Å². The highest BCUT2D eigenvalue weighted by atomic mass is 16.6. The van der Waals surface area contributed by atoms with Crippen LogP contribution in [0.3, 0.4) is 0 Å². The number of carbonyl (C=O) groups excluding carboxylic acids is 1. The predicted molar refractivity (Wildman–Crippen MR) is 42.7 cm³/mol. The topological polar surface area (TPSA) is 79.4 Å². The van der Waals surface area contributed by atoms with Crippen molar-refractivity contribution in [3.63, 3.8) is 0 Å². The Bertz CT molecular complexity index is 267. The van der Waals surface area contributed by atoms with Crippen LogP contribution in [0.5, 0.6) is 0 Å². The monoisotopic (exact) mass is 168 g/mol. The van der Waals surface area contributed by atoms with Crippen LogP contribution in [0.25, 0.3) is 0 Å². The largest absolute Gasteiger partial charge is 0.399 e. The molecule has 0 unspecified atom stereocenters. The maximum atomic E-state index is 10.9. The first-order valence-corrected chi connectivity index (χ1v) is 3.20. The molecule has 1 heterocycles. The van der Waals surface area contributed by atoms with Gasteiger partial charge in [-0.05, 0) is 0 Å². The van der Waals surface area contributed by atoms with Gasteiger partial charge in [-0.15, -0.1) is 0 Å². The van der Waals surface area contributed by atoms with Crippen molar-refractivity contribution in [3.05, 3.63) is 12.4 Å². The van der Waals surface area contributed by atoms with E-state index in [0.717, 1.165) is 6.21 Å².